The van der Waals surface area contributed by atoms with Gasteiger partial charge in [0.15, 0.2) is 0 Å². The van der Waals surface area contributed by atoms with E-state index in [9.17, 15) is 19.2 Å². The quantitative estimate of drug-likeness (QED) is 0.419. The molecule has 0 aliphatic heterocycles. The Balaban J connectivity index is 1.93. The molecule has 4 aromatic rings. The SMILES string of the molecule is COc1cccc(-n2c(=O)c3c(C)c(C(=O)N(C)C)sc3n(CC(=O)Nc3ccc(C)cc3C)c2=O)c1. The number of nitrogens with one attached hydrogen (secondary N) is 1. The summed E-state index contributed by atoms with van der Waals surface area (Å²) >= 11 is 1.03. The number of rotatable bonds is 6. The molecule has 0 radical (unpaired) electrons. The number of thiophene rings is 1. The number of benzene rings is 2. The zero-order valence-electron chi connectivity index (χ0n) is 21.5. The first-order chi connectivity index (χ1) is 17.5. The lowest BCUT2D eigenvalue weighted by Crippen LogP contribution is -2.40. The summed E-state index contributed by atoms with van der Waals surface area (Å²) in [5.74, 6) is -0.254. The lowest BCUT2D eigenvalue weighted by molar-refractivity contribution is -0.116. The van der Waals surface area contributed by atoms with Gasteiger partial charge in [-0.1, -0.05) is 23.8 Å². The molecule has 2 aromatic carbocycles. The number of hydrogen-bond acceptors (Lipinski definition) is 6. The molecule has 1 N–H and O–H groups in total. The minimum atomic E-state index is -0.688. The van der Waals surface area contributed by atoms with Gasteiger partial charge in [-0.15, -0.1) is 11.3 Å². The van der Waals surface area contributed by atoms with Crippen LogP contribution in [0.2, 0.25) is 0 Å². The highest BCUT2D eigenvalue weighted by Gasteiger charge is 2.25. The molecule has 0 saturated heterocycles. The Labute approximate surface area is 217 Å². The van der Waals surface area contributed by atoms with Crippen molar-refractivity contribution in [3.8, 4) is 11.4 Å². The summed E-state index contributed by atoms with van der Waals surface area (Å²) in [4.78, 5) is 55.4. The van der Waals surface area contributed by atoms with Crippen LogP contribution in [0.25, 0.3) is 15.9 Å². The van der Waals surface area contributed by atoms with Gasteiger partial charge in [-0.05, 0) is 50.1 Å². The first-order valence-corrected chi connectivity index (χ1v) is 12.4. The third-order valence-corrected chi connectivity index (χ3v) is 7.38. The van der Waals surface area contributed by atoms with Crippen LogP contribution in [-0.2, 0) is 11.3 Å². The fourth-order valence-corrected chi connectivity index (χ4v) is 5.47. The van der Waals surface area contributed by atoms with E-state index < -0.39 is 17.2 Å². The van der Waals surface area contributed by atoms with Crippen LogP contribution in [0.5, 0.6) is 5.75 Å². The van der Waals surface area contributed by atoms with Gasteiger partial charge in [0.1, 0.15) is 17.1 Å². The number of methoxy groups -OCH3 is 1. The summed E-state index contributed by atoms with van der Waals surface area (Å²) in [6, 6.07) is 12.2. The number of amides is 2. The highest BCUT2D eigenvalue weighted by atomic mass is 32.1. The fraction of sp³-hybridized carbons (Fsp3) is 0.259. The molecule has 0 saturated carbocycles. The summed E-state index contributed by atoms with van der Waals surface area (Å²) in [6.07, 6.45) is 0. The summed E-state index contributed by atoms with van der Waals surface area (Å²) in [7, 11) is 4.72. The third-order valence-electron chi connectivity index (χ3n) is 6.08. The number of nitrogens with zero attached hydrogens (tertiary/aromatic N) is 3. The smallest absolute Gasteiger partial charge is 0.337 e. The standard InChI is InChI=1S/C27H28N4O5S/c1-15-10-11-20(16(2)12-15)28-21(32)14-30-26-22(17(3)23(37-26)25(34)29(4)5)24(33)31(27(30)35)18-8-7-9-19(13-18)36-6/h7-13H,14H2,1-6H3,(H,28,32). The Morgan fingerprint density at radius 2 is 1.78 bits per heavy atom. The first-order valence-electron chi connectivity index (χ1n) is 11.6. The van der Waals surface area contributed by atoms with Crippen molar-refractivity contribution in [2.45, 2.75) is 27.3 Å². The Kier molecular flexibility index (Phi) is 7.04. The Bertz CT molecular complexity index is 1660. The van der Waals surface area contributed by atoms with Crippen LogP contribution < -0.4 is 21.3 Å². The van der Waals surface area contributed by atoms with E-state index in [2.05, 4.69) is 5.32 Å². The van der Waals surface area contributed by atoms with Crippen molar-refractivity contribution >= 4 is 39.1 Å². The second kappa shape index (κ2) is 10.1. The monoisotopic (exact) mass is 520 g/mol. The summed E-state index contributed by atoms with van der Waals surface area (Å²) in [5.41, 5.74) is 2.09. The molecule has 0 aliphatic carbocycles. The van der Waals surface area contributed by atoms with Gasteiger partial charge in [0.05, 0.1) is 23.1 Å². The zero-order valence-corrected chi connectivity index (χ0v) is 22.4. The zero-order chi connectivity index (χ0) is 27.0. The van der Waals surface area contributed by atoms with E-state index in [1.54, 1.807) is 51.4 Å². The molecule has 0 spiro atoms. The van der Waals surface area contributed by atoms with Crippen molar-refractivity contribution in [2.24, 2.45) is 0 Å². The van der Waals surface area contributed by atoms with Crippen LogP contribution in [0.3, 0.4) is 0 Å². The summed E-state index contributed by atoms with van der Waals surface area (Å²) < 4.78 is 7.54. The van der Waals surface area contributed by atoms with Crippen LogP contribution in [0, 0.1) is 20.8 Å². The minimum Gasteiger partial charge on any atom is -0.497 e. The number of aryl methyl sites for hydroxylation is 3. The molecule has 0 fully saturated rings. The Hall–Kier alpha value is -4.18. The van der Waals surface area contributed by atoms with Crippen molar-refractivity contribution in [2.75, 3.05) is 26.5 Å². The van der Waals surface area contributed by atoms with E-state index in [0.717, 1.165) is 27.0 Å². The molecular weight excluding hydrogens is 492 g/mol. The minimum absolute atomic E-state index is 0.219. The van der Waals surface area contributed by atoms with Crippen molar-refractivity contribution in [1.29, 1.82) is 0 Å². The number of anilines is 1. The molecule has 0 atom stereocenters. The van der Waals surface area contributed by atoms with Crippen LogP contribution in [0.1, 0.15) is 26.4 Å². The number of fused-ring (bicyclic) bond motifs is 1. The maximum absolute atomic E-state index is 13.7. The van der Waals surface area contributed by atoms with Crippen molar-refractivity contribution in [1.82, 2.24) is 14.0 Å². The van der Waals surface area contributed by atoms with Gasteiger partial charge >= 0.3 is 5.69 Å². The summed E-state index contributed by atoms with van der Waals surface area (Å²) in [6.45, 7) is 5.18. The molecule has 192 valence electrons. The van der Waals surface area contributed by atoms with Crippen LogP contribution in [0.15, 0.2) is 52.1 Å². The van der Waals surface area contributed by atoms with Crippen molar-refractivity contribution < 1.29 is 14.3 Å². The molecule has 10 heteroatoms. The number of carbonyl (C=O) groups is 2. The van der Waals surface area contributed by atoms with Crippen LogP contribution in [0.4, 0.5) is 5.69 Å². The van der Waals surface area contributed by atoms with Crippen molar-refractivity contribution in [3.05, 3.63) is 84.9 Å². The van der Waals surface area contributed by atoms with Gasteiger partial charge in [0.25, 0.3) is 11.5 Å². The van der Waals surface area contributed by atoms with E-state index in [0.29, 0.717) is 27.6 Å². The average molecular weight is 521 g/mol. The molecule has 37 heavy (non-hydrogen) atoms. The number of ether oxygens (including phenoxy) is 1. The highest BCUT2D eigenvalue weighted by Crippen LogP contribution is 2.29. The van der Waals surface area contributed by atoms with Crippen molar-refractivity contribution in [3.63, 3.8) is 0 Å². The van der Waals surface area contributed by atoms with Gasteiger partial charge in [0.2, 0.25) is 5.91 Å². The predicted octanol–water partition coefficient (Wildman–Crippen LogP) is 3.49. The maximum atomic E-state index is 13.7. The fourth-order valence-electron chi connectivity index (χ4n) is 4.16. The van der Waals surface area contributed by atoms with Gasteiger partial charge in [-0.3, -0.25) is 19.0 Å². The third kappa shape index (κ3) is 4.79. The molecule has 2 amide bonds. The highest BCUT2D eigenvalue weighted by molar-refractivity contribution is 7.20. The second-order valence-electron chi connectivity index (χ2n) is 9.01. The van der Waals surface area contributed by atoms with Crippen LogP contribution >= 0.6 is 11.3 Å². The molecule has 2 aromatic heterocycles. The number of hydrogen-bond donors (Lipinski definition) is 1. The van der Waals surface area contributed by atoms with Gasteiger partial charge in [-0.2, -0.15) is 0 Å². The lowest BCUT2D eigenvalue weighted by Gasteiger charge is -2.14. The van der Waals surface area contributed by atoms with E-state index in [-0.39, 0.29) is 22.7 Å². The molecule has 4 rings (SSSR count). The molecule has 0 bridgehead atoms. The van der Waals surface area contributed by atoms with Gasteiger partial charge in [-0.25, -0.2) is 9.36 Å². The maximum Gasteiger partial charge on any atom is 0.337 e. The van der Waals surface area contributed by atoms with E-state index in [4.69, 9.17) is 4.74 Å². The van der Waals surface area contributed by atoms with Gasteiger partial charge in [0, 0.05) is 25.8 Å². The van der Waals surface area contributed by atoms with Crippen LogP contribution in [-0.4, -0.2) is 47.1 Å². The molecular formula is C27H28N4O5S. The number of aromatic nitrogens is 2. The second-order valence-corrected chi connectivity index (χ2v) is 10.0. The van der Waals surface area contributed by atoms with E-state index in [1.807, 2.05) is 26.0 Å². The average Bonchev–Trinajstić information content (AvgIpc) is 3.20. The molecule has 0 aliphatic rings. The van der Waals surface area contributed by atoms with Gasteiger partial charge < -0.3 is 15.0 Å². The number of carbonyl (C=O) groups excluding carboxylic acids is 2. The molecule has 2 heterocycles. The molecule has 0 unspecified atom stereocenters. The first kappa shape index (κ1) is 25.9. The predicted molar refractivity (Wildman–Crippen MR) is 146 cm³/mol. The summed E-state index contributed by atoms with van der Waals surface area (Å²) in [5, 5.41) is 3.08. The normalized spacial score (nSPS) is 11.0. The van der Waals surface area contributed by atoms with E-state index >= 15 is 0 Å². The Morgan fingerprint density at radius 3 is 2.43 bits per heavy atom. The van der Waals surface area contributed by atoms with E-state index in [1.165, 1.54) is 16.6 Å². The Morgan fingerprint density at radius 1 is 1.05 bits per heavy atom. The molecule has 9 nitrogen and oxygen atoms in total. The largest absolute Gasteiger partial charge is 0.497 e. The lowest BCUT2D eigenvalue weighted by atomic mass is 10.1. The topological polar surface area (TPSA) is 103 Å².